The van der Waals surface area contributed by atoms with Gasteiger partial charge in [0, 0.05) is 32.2 Å². The minimum Gasteiger partial charge on any atom is -0.496 e. The van der Waals surface area contributed by atoms with E-state index in [0.29, 0.717) is 12.5 Å². The van der Waals surface area contributed by atoms with Crippen LogP contribution in [-0.4, -0.2) is 51.2 Å². The molecule has 6 heteroatoms. The molecule has 0 saturated carbocycles. The number of piperidine rings is 1. The first kappa shape index (κ1) is 22.0. The number of benzene rings is 1. The lowest BCUT2D eigenvalue weighted by Crippen LogP contribution is -2.42. The van der Waals surface area contributed by atoms with E-state index in [1.807, 2.05) is 25.2 Å². The van der Waals surface area contributed by atoms with E-state index >= 15 is 0 Å². The van der Waals surface area contributed by atoms with Crippen molar-refractivity contribution in [2.24, 2.45) is 10.9 Å². The van der Waals surface area contributed by atoms with Crippen LogP contribution in [0.1, 0.15) is 31.7 Å². The summed E-state index contributed by atoms with van der Waals surface area (Å²) in [4.78, 5) is 6.90. The highest BCUT2D eigenvalue weighted by atomic mass is 127. The molecule has 1 aromatic rings. The molecule has 0 radical (unpaired) electrons. The third kappa shape index (κ3) is 7.81. The third-order valence-corrected chi connectivity index (χ3v) is 4.50. The molecule has 1 fully saturated rings. The number of para-hydroxylation sites is 1. The zero-order valence-corrected chi connectivity index (χ0v) is 18.1. The number of halogens is 1. The van der Waals surface area contributed by atoms with Gasteiger partial charge in [-0.3, -0.25) is 4.99 Å². The van der Waals surface area contributed by atoms with Crippen molar-refractivity contribution in [1.82, 2.24) is 15.5 Å². The van der Waals surface area contributed by atoms with Crippen LogP contribution in [0.4, 0.5) is 0 Å². The summed E-state index contributed by atoms with van der Waals surface area (Å²) in [5.41, 5.74) is 1.13. The summed E-state index contributed by atoms with van der Waals surface area (Å²) in [7, 11) is 3.51. The average Bonchev–Trinajstić information content (AvgIpc) is 2.63. The molecule has 1 unspecified atom stereocenters. The van der Waals surface area contributed by atoms with Crippen LogP contribution in [0.15, 0.2) is 29.3 Å². The largest absolute Gasteiger partial charge is 0.496 e. The van der Waals surface area contributed by atoms with Crippen LogP contribution in [0.5, 0.6) is 5.75 Å². The van der Waals surface area contributed by atoms with Gasteiger partial charge >= 0.3 is 0 Å². The Morgan fingerprint density at radius 3 is 2.60 bits per heavy atom. The topological polar surface area (TPSA) is 48.9 Å². The Morgan fingerprint density at radius 2 is 1.92 bits per heavy atom. The zero-order chi connectivity index (χ0) is 17.2. The van der Waals surface area contributed by atoms with Gasteiger partial charge in [-0.05, 0) is 37.9 Å². The van der Waals surface area contributed by atoms with Gasteiger partial charge in [0.1, 0.15) is 5.75 Å². The van der Waals surface area contributed by atoms with E-state index in [1.165, 1.54) is 32.4 Å². The van der Waals surface area contributed by atoms with Crippen molar-refractivity contribution in [1.29, 1.82) is 0 Å². The molecule has 1 atom stereocenters. The number of nitrogens with one attached hydrogen (secondary N) is 2. The third-order valence-electron chi connectivity index (χ3n) is 4.50. The second-order valence-electron chi connectivity index (χ2n) is 6.58. The lowest BCUT2D eigenvalue weighted by molar-refractivity contribution is 0.201. The second-order valence-corrected chi connectivity index (χ2v) is 6.58. The van der Waals surface area contributed by atoms with Crippen molar-refractivity contribution in [3.8, 4) is 5.75 Å². The predicted octanol–water partition coefficient (Wildman–Crippen LogP) is 3.10. The molecule has 1 aliphatic rings. The number of aliphatic imine (C=N–C) groups is 1. The minimum absolute atomic E-state index is 0. The van der Waals surface area contributed by atoms with Crippen LogP contribution in [0.25, 0.3) is 0 Å². The molecule has 1 saturated heterocycles. The molecule has 0 aliphatic carbocycles. The number of ether oxygens (including phenoxy) is 1. The van der Waals surface area contributed by atoms with E-state index in [-0.39, 0.29) is 24.0 Å². The van der Waals surface area contributed by atoms with Gasteiger partial charge in [-0.15, -0.1) is 24.0 Å². The van der Waals surface area contributed by atoms with Gasteiger partial charge < -0.3 is 20.3 Å². The van der Waals surface area contributed by atoms with Gasteiger partial charge in [-0.2, -0.15) is 0 Å². The molecule has 2 rings (SSSR count). The molecule has 5 nitrogen and oxygen atoms in total. The summed E-state index contributed by atoms with van der Waals surface area (Å²) < 4.78 is 5.39. The molecular weight excluding hydrogens is 427 g/mol. The van der Waals surface area contributed by atoms with E-state index < -0.39 is 0 Å². The first-order valence-corrected chi connectivity index (χ1v) is 9.01. The number of guanidine groups is 1. The number of hydrogen-bond acceptors (Lipinski definition) is 3. The summed E-state index contributed by atoms with van der Waals surface area (Å²) in [5.74, 6) is 2.35. The first-order valence-electron chi connectivity index (χ1n) is 9.01. The highest BCUT2D eigenvalue weighted by molar-refractivity contribution is 14.0. The summed E-state index contributed by atoms with van der Waals surface area (Å²) in [6, 6.07) is 8.06. The number of methoxy groups -OCH3 is 1. The maximum Gasteiger partial charge on any atom is 0.191 e. The van der Waals surface area contributed by atoms with Gasteiger partial charge in [-0.25, -0.2) is 0 Å². The Kier molecular flexibility index (Phi) is 10.9. The molecule has 25 heavy (non-hydrogen) atoms. The zero-order valence-electron chi connectivity index (χ0n) is 15.8. The van der Waals surface area contributed by atoms with E-state index in [1.54, 1.807) is 7.11 Å². The quantitative estimate of drug-likeness (QED) is 0.373. The lowest BCUT2D eigenvalue weighted by Gasteiger charge is -2.29. The molecule has 1 aromatic carbocycles. The van der Waals surface area contributed by atoms with Crippen LogP contribution >= 0.6 is 24.0 Å². The number of nitrogens with zero attached hydrogens (tertiary/aromatic N) is 2. The summed E-state index contributed by atoms with van der Waals surface area (Å²) in [6.45, 7) is 7.61. The lowest BCUT2D eigenvalue weighted by atomic mass is 10.1. The Balaban J connectivity index is 0.00000312. The van der Waals surface area contributed by atoms with Crippen molar-refractivity contribution < 1.29 is 4.74 Å². The number of hydrogen-bond donors (Lipinski definition) is 2. The van der Waals surface area contributed by atoms with Crippen LogP contribution in [0.3, 0.4) is 0 Å². The van der Waals surface area contributed by atoms with Gasteiger partial charge in [-0.1, -0.05) is 31.5 Å². The predicted molar refractivity (Wildman–Crippen MR) is 116 cm³/mol. The molecule has 1 heterocycles. The summed E-state index contributed by atoms with van der Waals surface area (Å²) in [6.07, 6.45) is 4.09. The summed E-state index contributed by atoms with van der Waals surface area (Å²) in [5, 5.41) is 6.80. The number of rotatable bonds is 7. The van der Waals surface area contributed by atoms with Gasteiger partial charge in [0.15, 0.2) is 5.96 Å². The molecule has 142 valence electrons. The van der Waals surface area contributed by atoms with Gasteiger partial charge in [0.05, 0.1) is 7.11 Å². The summed E-state index contributed by atoms with van der Waals surface area (Å²) >= 11 is 0. The van der Waals surface area contributed by atoms with E-state index in [0.717, 1.165) is 30.4 Å². The van der Waals surface area contributed by atoms with Crippen molar-refractivity contribution >= 4 is 29.9 Å². The Bertz CT molecular complexity index is 518. The standard InChI is InChI=1S/C19H32N4O.HI/c1-16(15-23-11-7-4-8-12-23)13-21-19(20-2)22-14-17-9-5-6-10-18(17)24-3;/h5-6,9-10,16H,4,7-8,11-15H2,1-3H3,(H2,20,21,22);1H. The maximum atomic E-state index is 5.39. The fourth-order valence-electron chi connectivity index (χ4n) is 3.17. The van der Waals surface area contributed by atoms with Crippen molar-refractivity contribution in [2.45, 2.75) is 32.7 Å². The van der Waals surface area contributed by atoms with Gasteiger partial charge in [0.2, 0.25) is 0 Å². The van der Waals surface area contributed by atoms with Crippen molar-refractivity contribution in [2.75, 3.05) is 40.3 Å². The fourth-order valence-corrected chi connectivity index (χ4v) is 3.17. The Morgan fingerprint density at radius 1 is 1.20 bits per heavy atom. The fraction of sp³-hybridized carbons (Fsp3) is 0.632. The highest BCUT2D eigenvalue weighted by Crippen LogP contribution is 2.16. The second kappa shape index (κ2) is 12.4. The van der Waals surface area contributed by atoms with E-state index in [2.05, 4.69) is 33.5 Å². The minimum atomic E-state index is 0. The highest BCUT2D eigenvalue weighted by Gasteiger charge is 2.13. The number of likely N-dealkylation sites (tertiary alicyclic amines) is 1. The molecular formula is C19H33IN4O. The van der Waals surface area contributed by atoms with Gasteiger partial charge in [0.25, 0.3) is 0 Å². The molecule has 1 aliphatic heterocycles. The van der Waals surface area contributed by atoms with Crippen molar-refractivity contribution in [3.05, 3.63) is 29.8 Å². The SMILES string of the molecule is CN=C(NCc1ccccc1OC)NCC(C)CN1CCCCC1.I. The first-order chi connectivity index (χ1) is 11.7. The van der Waals surface area contributed by atoms with E-state index in [9.17, 15) is 0 Å². The Hall–Kier alpha value is -1.02. The molecule has 0 bridgehead atoms. The molecule has 2 N–H and O–H groups in total. The molecule has 0 amide bonds. The van der Waals surface area contributed by atoms with Crippen LogP contribution in [0, 0.1) is 5.92 Å². The molecule has 0 spiro atoms. The van der Waals surface area contributed by atoms with Crippen molar-refractivity contribution in [3.63, 3.8) is 0 Å². The Labute approximate surface area is 169 Å². The average molecular weight is 460 g/mol. The smallest absolute Gasteiger partial charge is 0.191 e. The normalized spacial score (nSPS) is 16.7. The van der Waals surface area contributed by atoms with Crippen LogP contribution < -0.4 is 15.4 Å². The molecule has 0 aromatic heterocycles. The van der Waals surface area contributed by atoms with Crippen LogP contribution in [-0.2, 0) is 6.54 Å². The maximum absolute atomic E-state index is 5.39. The van der Waals surface area contributed by atoms with E-state index in [4.69, 9.17) is 4.74 Å². The monoisotopic (exact) mass is 460 g/mol. The van der Waals surface area contributed by atoms with Crippen LogP contribution in [0.2, 0.25) is 0 Å².